The number of aliphatic hydroxyl groups is 2. The molecular weight excluding hydrogens is 562 g/mol. The van der Waals surface area contributed by atoms with E-state index in [0.29, 0.717) is 0 Å². The van der Waals surface area contributed by atoms with E-state index in [9.17, 15) is 10.2 Å². The van der Waals surface area contributed by atoms with Crippen molar-refractivity contribution in [3.05, 3.63) is 0 Å². The SMILES string of the molecule is CCCCCCCCCCCCCCCCCC[N+]1(CCCCCCCCCCCCCCCCCC)CC(O)C(O)C1.[Cl-]. The van der Waals surface area contributed by atoms with Crippen molar-refractivity contribution in [2.75, 3.05) is 26.2 Å². The van der Waals surface area contributed by atoms with E-state index in [1.807, 2.05) is 0 Å². The number of hydrogen-bond acceptors (Lipinski definition) is 2. The van der Waals surface area contributed by atoms with E-state index in [4.69, 9.17) is 0 Å². The molecule has 3 nitrogen and oxygen atoms in total. The van der Waals surface area contributed by atoms with E-state index >= 15 is 0 Å². The molecule has 1 fully saturated rings. The summed E-state index contributed by atoms with van der Waals surface area (Å²) in [4.78, 5) is 0. The molecule has 0 aromatic carbocycles. The number of hydrogen-bond donors (Lipinski definition) is 2. The van der Waals surface area contributed by atoms with Crippen molar-refractivity contribution in [1.82, 2.24) is 0 Å². The lowest BCUT2D eigenvalue weighted by molar-refractivity contribution is -0.919. The van der Waals surface area contributed by atoms with Crippen molar-refractivity contribution in [3.8, 4) is 0 Å². The molecule has 2 N–H and O–H groups in total. The third kappa shape index (κ3) is 26.3. The minimum Gasteiger partial charge on any atom is -1.00 e. The van der Waals surface area contributed by atoms with Gasteiger partial charge in [0.25, 0.3) is 0 Å². The number of unbranched alkanes of at least 4 members (excludes halogenated alkanes) is 30. The number of quaternary nitrogens is 1. The van der Waals surface area contributed by atoms with Crippen molar-refractivity contribution < 1.29 is 27.1 Å². The molecule has 1 rings (SSSR count). The summed E-state index contributed by atoms with van der Waals surface area (Å²) in [5.74, 6) is 0. The summed E-state index contributed by atoms with van der Waals surface area (Å²) in [5, 5.41) is 20.7. The van der Waals surface area contributed by atoms with Crippen LogP contribution in [0.3, 0.4) is 0 Å². The van der Waals surface area contributed by atoms with E-state index in [0.717, 1.165) is 30.7 Å². The highest BCUT2D eigenvalue weighted by atomic mass is 35.5. The Labute approximate surface area is 284 Å². The average Bonchev–Trinajstić information content (AvgIpc) is 3.29. The van der Waals surface area contributed by atoms with Crippen LogP contribution >= 0.6 is 0 Å². The van der Waals surface area contributed by atoms with Crippen molar-refractivity contribution in [1.29, 1.82) is 0 Å². The van der Waals surface area contributed by atoms with Crippen LogP contribution < -0.4 is 12.4 Å². The number of rotatable bonds is 34. The minimum absolute atomic E-state index is 0. The van der Waals surface area contributed by atoms with Crippen LogP contribution in [0, 0.1) is 0 Å². The number of nitrogens with zero attached hydrogens (tertiary/aromatic N) is 1. The molecule has 0 bridgehead atoms. The van der Waals surface area contributed by atoms with Crippen LogP contribution in [-0.2, 0) is 0 Å². The highest BCUT2D eigenvalue weighted by molar-refractivity contribution is 4.75. The van der Waals surface area contributed by atoms with Gasteiger partial charge in [0.2, 0.25) is 0 Å². The molecule has 44 heavy (non-hydrogen) atoms. The second-order valence-corrected chi connectivity index (χ2v) is 14.9. The van der Waals surface area contributed by atoms with Crippen molar-refractivity contribution in [2.45, 2.75) is 232 Å². The molecule has 2 atom stereocenters. The molecule has 1 aliphatic heterocycles. The van der Waals surface area contributed by atoms with Crippen LogP contribution in [0.2, 0.25) is 0 Å². The minimum atomic E-state index is -0.512. The molecular formula is C40H82ClNO2. The lowest BCUT2D eigenvalue weighted by Gasteiger charge is -2.34. The number of aliphatic hydroxyl groups excluding tert-OH is 2. The number of likely N-dealkylation sites (tertiary alicyclic amines) is 1. The summed E-state index contributed by atoms with van der Waals surface area (Å²) in [6.07, 6.45) is 44.1. The van der Waals surface area contributed by atoms with Gasteiger partial charge in [-0.3, -0.25) is 0 Å². The fourth-order valence-electron chi connectivity index (χ4n) is 7.58. The predicted octanol–water partition coefficient (Wildman–Crippen LogP) is 9.07. The lowest BCUT2D eigenvalue weighted by Crippen LogP contribution is -3.00. The predicted molar refractivity (Wildman–Crippen MR) is 191 cm³/mol. The quantitative estimate of drug-likeness (QED) is 0.0542. The molecule has 0 aliphatic carbocycles. The van der Waals surface area contributed by atoms with Gasteiger partial charge in [0, 0.05) is 0 Å². The summed E-state index contributed by atoms with van der Waals surface area (Å²) >= 11 is 0. The summed E-state index contributed by atoms with van der Waals surface area (Å²) in [7, 11) is 0. The number of halogens is 1. The lowest BCUT2D eigenvalue weighted by atomic mass is 10.0. The fourth-order valence-corrected chi connectivity index (χ4v) is 7.58. The van der Waals surface area contributed by atoms with E-state index < -0.39 is 12.2 Å². The average molecular weight is 645 g/mol. The Balaban J connectivity index is 0.0000185. The van der Waals surface area contributed by atoms with Gasteiger partial charge in [0.1, 0.15) is 25.3 Å². The summed E-state index contributed by atoms with van der Waals surface area (Å²) < 4.78 is 0.972. The van der Waals surface area contributed by atoms with Gasteiger partial charge in [-0.05, 0) is 25.7 Å². The van der Waals surface area contributed by atoms with E-state index in [-0.39, 0.29) is 12.4 Å². The first-order valence-corrected chi connectivity index (χ1v) is 20.3. The second kappa shape index (κ2) is 33.1. The zero-order valence-corrected chi connectivity index (χ0v) is 31.1. The molecule has 4 heteroatoms. The molecule has 1 aliphatic rings. The topological polar surface area (TPSA) is 40.5 Å². The van der Waals surface area contributed by atoms with E-state index in [2.05, 4.69) is 13.8 Å². The van der Waals surface area contributed by atoms with Crippen LogP contribution in [-0.4, -0.2) is 53.1 Å². The Kier molecular flexibility index (Phi) is 33.2. The van der Waals surface area contributed by atoms with Crippen LogP contribution in [0.4, 0.5) is 0 Å². The third-order valence-corrected chi connectivity index (χ3v) is 10.6. The van der Waals surface area contributed by atoms with Gasteiger partial charge < -0.3 is 27.1 Å². The largest absolute Gasteiger partial charge is 1.00 e. The van der Waals surface area contributed by atoms with Crippen molar-refractivity contribution >= 4 is 0 Å². The molecule has 0 radical (unpaired) electrons. The molecule has 0 spiro atoms. The Morgan fingerprint density at radius 2 is 0.523 bits per heavy atom. The molecule has 2 unspecified atom stereocenters. The molecule has 1 heterocycles. The Bertz CT molecular complexity index is 511. The smallest absolute Gasteiger partial charge is 0.134 e. The zero-order chi connectivity index (χ0) is 31.1. The van der Waals surface area contributed by atoms with Crippen molar-refractivity contribution in [3.63, 3.8) is 0 Å². The van der Waals surface area contributed by atoms with E-state index in [1.165, 1.54) is 205 Å². The van der Waals surface area contributed by atoms with Gasteiger partial charge in [-0.15, -0.1) is 0 Å². The van der Waals surface area contributed by atoms with Crippen LogP contribution in [0.5, 0.6) is 0 Å². The molecule has 1 saturated heterocycles. The highest BCUT2D eigenvalue weighted by Gasteiger charge is 2.42. The van der Waals surface area contributed by atoms with Gasteiger partial charge in [-0.1, -0.05) is 194 Å². The summed E-state index contributed by atoms with van der Waals surface area (Å²) in [6.45, 7) is 8.46. The normalized spacial score (nSPS) is 17.7. The molecule has 0 amide bonds. The fraction of sp³-hybridized carbons (Fsp3) is 1.00. The Hall–Kier alpha value is 0.170. The maximum Gasteiger partial charge on any atom is 0.134 e. The third-order valence-electron chi connectivity index (χ3n) is 10.6. The molecule has 0 saturated carbocycles. The monoisotopic (exact) mass is 644 g/mol. The van der Waals surface area contributed by atoms with Crippen LogP contribution in [0.25, 0.3) is 0 Å². The van der Waals surface area contributed by atoms with Crippen molar-refractivity contribution in [2.24, 2.45) is 0 Å². The van der Waals surface area contributed by atoms with Crippen LogP contribution in [0.1, 0.15) is 219 Å². The van der Waals surface area contributed by atoms with Gasteiger partial charge in [-0.25, -0.2) is 0 Å². The maximum atomic E-state index is 10.3. The standard InChI is InChI=1S/C40H82NO2.ClH/c1-3-5-7-9-11-13-15-17-19-21-23-25-27-29-31-33-35-41(37-39(42)40(43)38-41)36-34-32-30-28-26-24-22-20-18-16-14-12-10-8-6-4-2;/h39-40,42-43H,3-38H2,1-2H3;1H/q+1;/p-1. The Morgan fingerprint density at radius 1 is 0.341 bits per heavy atom. The first-order chi connectivity index (χ1) is 21.1. The van der Waals surface area contributed by atoms with Gasteiger partial charge in [0.15, 0.2) is 0 Å². The first-order valence-electron chi connectivity index (χ1n) is 20.3. The molecule has 266 valence electrons. The van der Waals surface area contributed by atoms with E-state index in [1.54, 1.807) is 0 Å². The van der Waals surface area contributed by atoms with Gasteiger partial charge in [0.05, 0.1) is 13.1 Å². The van der Waals surface area contributed by atoms with Crippen LogP contribution in [0.15, 0.2) is 0 Å². The van der Waals surface area contributed by atoms with Gasteiger partial charge >= 0.3 is 0 Å². The summed E-state index contributed by atoms with van der Waals surface area (Å²) in [6, 6.07) is 0. The molecule has 0 aromatic heterocycles. The first kappa shape index (κ1) is 44.2. The molecule has 0 aromatic rings. The zero-order valence-electron chi connectivity index (χ0n) is 30.3. The van der Waals surface area contributed by atoms with Gasteiger partial charge in [-0.2, -0.15) is 0 Å². The second-order valence-electron chi connectivity index (χ2n) is 14.9. The highest BCUT2D eigenvalue weighted by Crippen LogP contribution is 2.24. The summed E-state index contributed by atoms with van der Waals surface area (Å²) in [5.41, 5.74) is 0. The maximum absolute atomic E-state index is 10.3. The Morgan fingerprint density at radius 3 is 0.727 bits per heavy atom.